The minimum absolute atomic E-state index is 0.126. The quantitative estimate of drug-likeness (QED) is 0.779. The summed E-state index contributed by atoms with van der Waals surface area (Å²) >= 11 is 5.35. The summed E-state index contributed by atoms with van der Waals surface area (Å²) in [6.45, 7) is 0. The van der Waals surface area contributed by atoms with Crippen molar-refractivity contribution in [1.29, 1.82) is 0 Å². The fraction of sp³-hybridized carbons (Fsp3) is 0.300. The molecule has 0 spiro atoms. The van der Waals surface area contributed by atoms with Crippen LogP contribution in [0.4, 0.5) is 8.78 Å². The zero-order valence-electron chi connectivity index (χ0n) is 7.69. The van der Waals surface area contributed by atoms with E-state index in [0.717, 1.165) is 25.0 Å². The van der Waals surface area contributed by atoms with Gasteiger partial charge in [-0.1, -0.05) is 11.6 Å². The van der Waals surface area contributed by atoms with Gasteiger partial charge in [0.2, 0.25) is 0 Å². The van der Waals surface area contributed by atoms with Gasteiger partial charge in [0.15, 0.2) is 5.82 Å². The summed E-state index contributed by atoms with van der Waals surface area (Å²) in [4.78, 5) is 11.4. The van der Waals surface area contributed by atoms with Crippen LogP contribution in [0.25, 0.3) is 0 Å². The van der Waals surface area contributed by atoms with Gasteiger partial charge >= 0.3 is 0 Å². The van der Waals surface area contributed by atoms with Crippen molar-refractivity contribution in [1.82, 2.24) is 5.32 Å². The Balaban J connectivity index is 2.26. The lowest BCUT2D eigenvalue weighted by molar-refractivity contribution is 0.0947. The molecule has 0 heterocycles. The number of carbonyl (C=O) groups excluding carboxylic acids is 1. The van der Waals surface area contributed by atoms with Crippen LogP contribution in [0.5, 0.6) is 0 Å². The topological polar surface area (TPSA) is 29.1 Å². The number of carbonyl (C=O) groups is 1. The number of amides is 1. The van der Waals surface area contributed by atoms with Gasteiger partial charge in [0.25, 0.3) is 5.91 Å². The molecule has 1 aliphatic carbocycles. The summed E-state index contributed by atoms with van der Waals surface area (Å²) in [6.07, 6.45) is 1.81. The van der Waals surface area contributed by atoms with Gasteiger partial charge in [0, 0.05) is 6.04 Å². The normalized spacial score (nSPS) is 15.1. The highest BCUT2D eigenvalue weighted by Crippen LogP contribution is 2.24. The van der Waals surface area contributed by atoms with E-state index in [1.807, 2.05) is 0 Å². The summed E-state index contributed by atoms with van der Waals surface area (Å²) in [5, 5.41) is 1.96. The van der Waals surface area contributed by atoms with Gasteiger partial charge in [-0.3, -0.25) is 4.79 Å². The van der Waals surface area contributed by atoms with E-state index in [0.29, 0.717) is 0 Å². The van der Waals surface area contributed by atoms with Gasteiger partial charge in [-0.2, -0.15) is 0 Å². The van der Waals surface area contributed by atoms with Crippen molar-refractivity contribution in [2.45, 2.75) is 18.9 Å². The summed E-state index contributed by atoms with van der Waals surface area (Å²) in [7, 11) is 0. The SMILES string of the molecule is O=C(NC1CC1)c1ccc(F)c(Cl)c1F. The second kappa shape index (κ2) is 3.77. The second-order valence-corrected chi connectivity index (χ2v) is 3.85. The van der Waals surface area contributed by atoms with Crippen LogP contribution in [0.15, 0.2) is 12.1 Å². The van der Waals surface area contributed by atoms with Gasteiger partial charge in [-0.25, -0.2) is 8.78 Å². The van der Waals surface area contributed by atoms with Crippen LogP contribution in [0.2, 0.25) is 5.02 Å². The predicted octanol–water partition coefficient (Wildman–Crippen LogP) is 2.51. The Bertz CT molecular complexity index is 418. The van der Waals surface area contributed by atoms with Crippen LogP contribution < -0.4 is 5.32 Å². The van der Waals surface area contributed by atoms with Gasteiger partial charge in [0.1, 0.15) is 10.8 Å². The van der Waals surface area contributed by atoms with E-state index >= 15 is 0 Å². The van der Waals surface area contributed by atoms with Crippen molar-refractivity contribution in [3.05, 3.63) is 34.4 Å². The molecule has 1 aromatic rings. The standard InChI is InChI=1S/C10H8ClF2NO/c11-8-7(12)4-3-6(9(8)13)10(15)14-5-1-2-5/h3-5H,1-2H2,(H,14,15). The molecule has 2 nitrogen and oxygen atoms in total. The van der Waals surface area contributed by atoms with Crippen molar-refractivity contribution in [2.24, 2.45) is 0 Å². The third kappa shape index (κ3) is 2.09. The van der Waals surface area contributed by atoms with E-state index in [2.05, 4.69) is 5.32 Å². The predicted molar refractivity (Wildman–Crippen MR) is 51.9 cm³/mol. The molecule has 15 heavy (non-hydrogen) atoms. The third-order valence-electron chi connectivity index (χ3n) is 2.19. The highest BCUT2D eigenvalue weighted by molar-refractivity contribution is 6.31. The lowest BCUT2D eigenvalue weighted by Crippen LogP contribution is -2.26. The molecule has 0 aliphatic heterocycles. The Morgan fingerprint density at radius 1 is 1.40 bits per heavy atom. The van der Waals surface area contributed by atoms with E-state index in [1.165, 1.54) is 0 Å². The first-order chi connectivity index (χ1) is 7.09. The molecule has 2 rings (SSSR count). The second-order valence-electron chi connectivity index (χ2n) is 3.47. The van der Waals surface area contributed by atoms with E-state index in [9.17, 15) is 13.6 Å². The number of hydrogen-bond donors (Lipinski definition) is 1. The Morgan fingerprint density at radius 3 is 2.67 bits per heavy atom. The number of benzene rings is 1. The molecule has 0 saturated heterocycles. The first-order valence-corrected chi connectivity index (χ1v) is 4.91. The Labute approximate surface area is 90.2 Å². The lowest BCUT2D eigenvalue weighted by Gasteiger charge is -2.05. The minimum Gasteiger partial charge on any atom is -0.349 e. The van der Waals surface area contributed by atoms with Crippen molar-refractivity contribution in [2.75, 3.05) is 0 Å². The molecular formula is C10H8ClF2NO. The van der Waals surface area contributed by atoms with E-state index in [4.69, 9.17) is 11.6 Å². The molecule has 1 N–H and O–H groups in total. The fourth-order valence-electron chi connectivity index (χ4n) is 1.19. The fourth-order valence-corrected chi connectivity index (χ4v) is 1.36. The molecular weight excluding hydrogens is 224 g/mol. The Hall–Kier alpha value is -1.16. The summed E-state index contributed by atoms with van der Waals surface area (Å²) in [6, 6.07) is 2.20. The molecule has 1 aliphatic rings. The van der Waals surface area contributed by atoms with Gasteiger partial charge in [-0.05, 0) is 25.0 Å². The van der Waals surface area contributed by atoms with Gasteiger partial charge in [0.05, 0.1) is 5.56 Å². The Kier molecular flexibility index (Phi) is 2.61. The van der Waals surface area contributed by atoms with Crippen LogP contribution in [0, 0.1) is 11.6 Å². The maximum absolute atomic E-state index is 13.4. The molecule has 5 heteroatoms. The summed E-state index contributed by atoms with van der Waals surface area (Å²) in [5.41, 5.74) is -0.215. The smallest absolute Gasteiger partial charge is 0.254 e. The maximum Gasteiger partial charge on any atom is 0.254 e. The van der Waals surface area contributed by atoms with Crippen molar-refractivity contribution in [3.8, 4) is 0 Å². The number of rotatable bonds is 2. The number of halogens is 3. The van der Waals surface area contributed by atoms with E-state index < -0.39 is 22.6 Å². The first kappa shape index (κ1) is 10.4. The zero-order valence-corrected chi connectivity index (χ0v) is 8.44. The zero-order chi connectivity index (χ0) is 11.0. The van der Waals surface area contributed by atoms with Gasteiger partial charge < -0.3 is 5.32 Å². The van der Waals surface area contributed by atoms with Gasteiger partial charge in [-0.15, -0.1) is 0 Å². The van der Waals surface area contributed by atoms with Crippen molar-refractivity contribution >= 4 is 17.5 Å². The first-order valence-electron chi connectivity index (χ1n) is 4.54. The number of hydrogen-bond acceptors (Lipinski definition) is 1. The van der Waals surface area contributed by atoms with E-state index in [1.54, 1.807) is 0 Å². The monoisotopic (exact) mass is 231 g/mol. The molecule has 1 amide bonds. The largest absolute Gasteiger partial charge is 0.349 e. The van der Waals surface area contributed by atoms with E-state index in [-0.39, 0.29) is 11.6 Å². The summed E-state index contributed by atoms with van der Waals surface area (Å²) in [5.74, 6) is -2.41. The average molecular weight is 232 g/mol. The highest BCUT2D eigenvalue weighted by Gasteiger charge is 2.26. The number of nitrogens with one attached hydrogen (secondary N) is 1. The lowest BCUT2D eigenvalue weighted by atomic mass is 10.2. The molecule has 0 unspecified atom stereocenters. The maximum atomic E-state index is 13.4. The third-order valence-corrected chi connectivity index (χ3v) is 2.54. The van der Waals surface area contributed by atoms with Crippen molar-refractivity contribution in [3.63, 3.8) is 0 Å². The van der Waals surface area contributed by atoms with Crippen LogP contribution >= 0.6 is 11.6 Å². The van der Waals surface area contributed by atoms with Crippen LogP contribution in [0.3, 0.4) is 0 Å². The molecule has 1 fully saturated rings. The molecule has 1 saturated carbocycles. The molecule has 0 atom stereocenters. The average Bonchev–Trinajstić information content (AvgIpc) is 2.98. The minimum atomic E-state index is -1.00. The van der Waals surface area contributed by atoms with Crippen LogP contribution in [-0.4, -0.2) is 11.9 Å². The molecule has 0 radical (unpaired) electrons. The Morgan fingerprint density at radius 2 is 2.07 bits per heavy atom. The van der Waals surface area contributed by atoms with Crippen molar-refractivity contribution < 1.29 is 13.6 Å². The van der Waals surface area contributed by atoms with Crippen LogP contribution in [0.1, 0.15) is 23.2 Å². The highest BCUT2D eigenvalue weighted by atomic mass is 35.5. The summed E-state index contributed by atoms with van der Waals surface area (Å²) < 4.78 is 26.1. The van der Waals surface area contributed by atoms with Crippen LogP contribution in [-0.2, 0) is 0 Å². The molecule has 0 aromatic heterocycles. The molecule has 1 aromatic carbocycles. The molecule has 0 bridgehead atoms. The molecule has 80 valence electrons.